The van der Waals surface area contributed by atoms with Crippen molar-refractivity contribution >= 4 is 11.8 Å². The Bertz CT molecular complexity index is 1160. The number of benzene rings is 1. The van der Waals surface area contributed by atoms with E-state index in [1.165, 1.54) is 13.2 Å². The van der Waals surface area contributed by atoms with E-state index in [1.807, 2.05) is 6.92 Å². The molecule has 0 spiro atoms. The lowest BCUT2D eigenvalue weighted by atomic mass is 10.1. The summed E-state index contributed by atoms with van der Waals surface area (Å²) in [5.74, 6) is 0.471. The van der Waals surface area contributed by atoms with Gasteiger partial charge in [-0.15, -0.1) is 0 Å². The average Bonchev–Trinajstić information content (AvgIpc) is 3.15. The van der Waals surface area contributed by atoms with Crippen molar-refractivity contribution in [3.05, 3.63) is 57.9 Å². The Kier molecular flexibility index (Phi) is 6.57. The maximum absolute atomic E-state index is 11.7. The van der Waals surface area contributed by atoms with Gasteiger partial charge in [-0.25, -0.2) is 9.78 Å². The minimum Gasteiger partial charge on any atom is -0.490 e. The third-order valence-corrected chi connectivity index (χ3v) is 4.63. The number of carbonyl (C=O) groups is 1. The van der Waals surface area contributed by atoms with E-state index >= 15 is 0 Å². The Hall–Kier alpha value is -4.15. The van der Waals surface area contributed by atoms with Crippen molar-refractivity contribution in [1.29, 1.82) is 0 Å². The summed E-state index contributed by atoms with van der Waals surface area (Å²) in [5.41, 5.74) is 7.28. The summed E-state index contributed by atoms with van der Waals surface area (Å²) >= 11 is 0. The molecule has 0 fully saturated rings. The number of nitro groups is 1. The fourth-order valence-electron chi connectivity index (χ4n) is 3.22. The first-order valence-electron chi connectivity index (χ1n) is 9.64. The quantitative estimate of drug-likeness (QED) is 0.414. The molecule has 1 amide bonds. The zero-order chi connectivity index (χ0) is 23.4. The van der Waals surface area contributed by atoms with Gasteiger partial charge in [0.05, 0.1) is 35.1 Å². The van der Waals surface area contributed by atoms with Crippen LogP contribution in [-0.2, 0) is 13.5 Å². The summed E-state index contributed by atoms with van der Waals surface area (Å²) in [4.78, 5) is 26.4. The molecule has 0 aliphatic heterocycles. The largest absolute Gasteiger partial charge is 0.490 e. The van der Waals surface area contributed by atoms with E-state index in [0.29, 0.717) is 23.4 Å². The van der Waals surface area contributed by atoms with Crippen LogP contribution >= 0.6 is 0 Å². The average molecular weight is 441 g/mol. The van der Waals surface area contributed by atoms with E-state index in [4.69, 9.17) is 19.9 Å². The van der Waals surface area contributed by atoms with Crippen LogP contribution in [0.1, 0.15) is 18.2 Å². The maximum Gasteiger partial charge on any atom is 0.411 e. The van der Waals surface area contributed by atoms with Gasteiger partial charge in [-0.05, 0) is 31.5 Å². The number of hydrogen-bond donors (Lipinski definition) is 1. The van der Waals surface area contributed by atoms with Gasteiger partial charge in [0.15, 0.2) is 0 Å². The summed E-state index contributed by atoms with van der Waals surface area (Å²) < 4.78 is 17.7. The van der Waals surface area contributed by atoms with Gasteiger partial charge in [0.1, 0.15) is 11.9 Å². The van der Waals surface area contributed by atoms with Crippen molar-refractivity contribution in [2.75, 3.05) is 7.11 Å². The molecule has 0 aliphatic rings. The first-order chi connectivity index (χ1) is 15.2. The highest BCUT2D eigenvalue weighted by atomic mass is 16.6. The second-order valence-corrected chi connectivity index (χ2v) is 7.12. The fourth-order valence-corrected chi connectivity index (χ4v) is 3.22. The highest BCUT2D eigenvalue weighted by Gasteiger charge is 2.24. The minimum absolute atomic E-state index is 0.0859. The van der Waals surface area contributed by atoms with Crippen molar-refractivity contribution < 1.29 is 23.9 Å². The molecule has 0 saturated heterocycles. The van der Waals surface area contributed by atoms with Gasteiger partial charge in [0.25, 0.3) is 0 Å². The number of nitro benzene ring substituents is 1. The molecule has 3 rings (SSSR count). The van der Waals surface area contributed by atoms with Gasteiger partial charge in [-0.3, -0.25) is 14.8 Å². The summed E-state index contributed by atoms with van der Waals surface area (Å²) in [5, 5.41) is 16.0. The van der Waals surface area contributed by atoms with Gasteiger partial charge in [0.2, 0.25) is 11.6 Å². The van der Waals surface area contributed by atoms with Crippen LogP contribution < -0.4 is 19.9 Å². The van der Waals surface area contributed by atoms with Crippen molar-refractivity contribution in [3.8, 4) is 28.6 Å². The number of rotatable bonds is 8. The first-order valence-corrected chi connectivity index (χ1v) is 9.64. The number of nitrogens with zero attached hydrogens (tertiary/aromatic N) is 4. The fraction of sp³-hybridized carbons (Fsp3) is 0.286. The van der Waals surface area contributed by atoms with Crippen LogP contribution in [-0.4, -0.2) is 39.0 Å². The molecule has 0 bridgehead atoms. The van der Waals surface area contributed by atoms with Crippen LogP contribution in [0.5, 0.6) is 17.4 Å². The van der Waals surface area contributed by atoms with E-state index < -0.39 is 17.1 Å². The second-order valence-electron chi connectivity index (χ2n) is 7.12. The number of pyridine rings is 1. The molecule has 2 aromatic heterocycles. The number of aromatic nitrogens is 3. The molecular formula is C21H23N5O6. The van der Waals surface area contributed by atoms with E-state index in [0.717, 1.165) is 5.56 Å². The molecule has 2 heterocycles. The van der Waals surface area contributed by atoms with Gasteiger partial charge < -0.3 is 19.9 Å². The molecule has 0 radical (unpaired) electrons. The standard InChI is InChI=1S/C21H23N5O6/c1-12-5-6-19(32-21(22)27)23-17(12)9-13(2)31-14-10-15(16-7-8-25(3)24-16)20(30-4)18(11-14)26(28)29/h5-8,10-11,13H,9H2,1-4H3,(H2,22,27). The molecule has 32 heavy (non-hydrogen) atoms. The van der Waals surface area contributed by atoms with Crippen molar-refractivity contribution in [3.63, 3.8) is 0 Å². The van der Waals surface area contributed by atoms with Crippen LogP contribution in [0.2, 0.25) is 0 Å². The molecule has 11 heteroatoms. The number of nitrogens with two attached hydrogens (primary N) is 1. The molecule has 3 aromatic rings. The number of methoxy groups -OCH3 is 1. The van der Waals surface area contributed by atoms with Crippen molar-refractivity contribution in [1.82, 2.24) is 14.8 Å². The summed E-state index contributed by atoms with van der Waals surface area (Å²) in [6.45, 7) is 3.67. The van der Waals surface area contributed by atoms with E-state index in [2.05, 4.69) is 10.1 Å². The molecule has 1 unspecified atom stereocenters. The molecule has 11 nitrogen and oxygen atoms in total. The predicted molar refractivity (Wildman–Crippen MR) is 115 cm³/mol. The molecule has 0 saturated carbocycles. The molecule has 1 atom stereocenters. The zero-order valence-electron chi connectivity index (χ0n) is 18.1. The Morgan fingerprint density at radius 1 is 1.31 bits per heavy atom. The summed E-state index contributed by atoms with van der Waals surface area (Å²) in [7, 11) is 3.12. The highest BCUT2D eigenvalue weighted by molar-refractivity contribution is 5.75. The predicted octanol–water partition coefficient (Wildman–Crippen LogP) is 3.17. The van der Waals surface area contributed by atoms with Crippen LogP contribution in [0, 0.1) is 17.0 Å². The number of carbonyl (C=O) groups excluding carboxylic acids is 1. The Labute approximate surface area is 183 Å². The number of ether oxygens (including phenoxy) is 3. The SMILES string of the molecule is COc1c(-c2ccn(C)n2)cc(OC(C)Cc2nc(OC(N)=O)ccc2C)cc1[N+](=O)[O-]. The molecule has 1 aromatic carbocycles. The van der Waals surface area contributed by atoms with Crippen LogP contribution in [0.3, 0.4) is 0 Å². The smallest absolute Gasteiger partial charge is 0.411 e. The molecule has 168 valence electrons. The molecule has 0 aliphatic carbocycles. The minimum atomic E-state index is -0.954. The Morgan fingerprint density at radius 2 is 2.06 bits per heavy atom. The second kappa shape index (κ2) is 9.33. The molecular weight excluding hydrogens is 418 g/mol. The number of aryl methyl sites for hydroxylation is 2. The molecule has 2 N–H and O–H groups in total. The van der Waals surface area contributed by atoms with E-state index in [-0.39, 0.29) is 23.1 Å². The van der Waals surface area contributed by atoms with Crippen LogP contribution in [0.4, 0.5) is 10.5 Å². The van der Waals surface area contributed by atoms with E-state index in [9.17, 15) is 14.9 Å². The van der Waals surface area contributed by atoms with Crippen LogP contribution in [0.25, 0.3) is 11.3 Å². The lowest BCUT2D eigenvalue weighted by Gasteiger charge is -2.17. The van der Waals surface area contributed by atoms with E-state index in [1.54, 1.807) is 49.1 Å². The summed E-state index contributed by atoms with van der Waals surface area (Å²) in [6, 6.07) is 7.99. The third-order valence-electron chi connectivity index (χ3n) is 4.63. The number of hydrogen-bond acceptors (Lipinski definition) is 8. The topological polar surface area (TPSA) is 145 Å². The Balaban J connectivity index is 1.91. The van der Waals surface area contributed by atoms with Crippen molar-refractivity contribution in [2.24, 2.45) is 12.8 Å². The Morgan fingerprint density at radius 3 is 2.66 bits per heavy atom. The normalized spacial score (nSPS) is 11.6. The number of amides is 1. The zero-order valence-corrected chi connectivity index (χ0v) is 18.1. The lowest BCUT2D eigenvalue weighted by molar-refractivity contribution is -0.385. The maximum atomic E-state index is 11.7. The van der Waals surface area contributed by atoms with Crippen LogP contribution in [0.15, 0.2) is 36.5 Å². The van der Waals surface area contributed by atoms with Gasteiger partial charge in [0, 0.05) is 25.7 Å². The first kappa shape index (κ1) is 22.5. The third kappa shape index (κ3) is 5.12. The summed E-state index contributed by atoms with van der Waals surface area (Å²) in [6.07, 6.45) is 0.728. The lowest BCUT2D eigenvalue weighted by Crippen LogP contribution is -2.19. The van der Waals surface area contributed by atoms with Gasteiger partial charge in [-0.1, -0.05) is 6.07 Å². The van der Waals surface area contributed by atoms with Crippen molar-refractivity contribution in [2.45, 2.75) is 26.4 Å². The monoisotopic (exact) mass is 441 g/mol. The van der Waals surface area contributed by atoms with Gasteiger partial charge in [-0.2, -0.15) is 5.10 Å². The number of primary amides is 1. The highest BCUT2D eigenvalue weighted by Crippen LogP contribution is 2.41. The van der Waals surface area contributed by atoms with Gasteiger partial charge >= 0.3 is 11.8 Å².